The van der Waals surface area contributed by atoms with Crippen LogP contribution in [0.25, 0.3) is 11.2 Å². The van der Waals surface area contributed by atoms with Crippen LogP contribution in [0, 0.1) is 12.3 Å². The number of esters is 1. The lowest BCUT2D eigenvalue weighted by Crippen LogP contribution is -2.42. The van der Waals surface area contributed by atoms with Gasteiger partial charge >= 0.3 is 14.1 Å². The number of alkyl halides is 1. The van der Waals surface area contributed by atoms with Crippen molar-refractivity contribution in [3.63, 3.8) is 0 Å². The lowest BCUT2D eigenvalue weighted by Gasteiger charge is -2.23. The number of fused-ring (bicyclic) bond motifs is 1. The van der Waals surface area contributed by atoms with Gasteiger partial charge in [0.1, 0.15) is 24.9 Å². The van der Waals surface area contributed by atoms with Gasteiger partial charge in [0.25, 0.3) is 0 Å². The molecule has 32 heavy (non-hydrogen) atoms. The molecule has 3 heterocycles. The lowest BCUT2D eigenvalue weighted by atomic mass is 9.97. The van der Waals surface area contributed by atoms with E-state index in [-0.39, 0.29) is 17.1 Å². The second-order valence-corrected chi connectivity index (χ2v) is 7.85. The van der Waals surface area contributed by atoms with Crippen molar-refractivity contribution in [2.75, 3.05) is 31.8 Å². The van der Waals surface area contributed by atoms with Crippen LogP contribution >= 0.6 is 8.18 Å². The number of anilines is 2. The Labute approximate surface area is 182 Å². The normalized spacial score (nSPS) is 26.5. The van der Waals surface area contributed by atoms with E-state index in [1.165, 1.54) is 24.9 Å². The molecule has 13 nitrogen and oxygen atoms in total. The van der Waals surface area contributed by atoms with Crippen LogP contribution in [0.15, 0.2) is 6.33 Å². The van der Waals surface area contributed by atoms with Crippen molar-refractivity contribution in [2.24, 2.45) is 0 Å². The number of carbonyl (C=O) groups excluding carboxylic acids is 1. The number of methoxy groups -OCH3 is 1. The van der Waals surface area contributed by atoms with Gasteiger partial charge in [0.2, 0.25) is 11.6 Å². The van der Waals surface area contributed by atoms with E-state index in [1.54, 1.807) is 7.05 Å². The molecule has 6 atom stereocenters. The highest BCUT2D eigenvalue weighted by Gasteiger charge is 2.58. The highest BCUT2D eigenvalue weighted by Crippen LogP contribution is 2.43. The number of imidazole rings is 1. The van der Waals surface area contributed by atoms with E-state index >= 15 is 4.39 Å². The number of ether oxygens (including phenoxy) is 2. The summed E-state index contributed by atoms with van der Waals surface area (Å²) in [7, 11) is 0.217. The van der Waals surface area contributed by atoms with Crippen molar-refractivity contribution in [1.29, 1.82) is 0 Å². The fraction of sp³-hybridized carbons (Fsp3) is 0.529. The van der Waals surface area contributed by atoms with Crippen molar-refractivity contribution in [3.05, 3.63) is 6.33 Å². The first-order valence-electron chi connectivity index (χ1n) is 9.28. The Bertz CT molecular complexity index is 1080. The fourth-order valence-corrected chi connectivity index (χ4v) is 3.93. The molecule has 1 unspecified atom stereocenters. The highest BCUT2D eigenvalue weighted by atomic mass is 31.1. The number of nitrogen functional groups attached to an aromatic ring is 1. The third-order valence-electron chi connectivity index (χ3n) is 4.80. The number of aliphatic hydroxyl groups is 1. The number of nitrogens with one attached hydrogen (secondary N) is 2. The van der Waals surface area contributed by atoms with Gasteiger partial charge in [-0.25, -0.2) is 9.37 Å². The van der Waals surface area contributed by atoms with Gasteiger partial charge in [-0.1, -0.05) is 11.0 Å². The third-order valence-corrected chi connectivity index (χ3v) is 5.79. The molecule has 1 fully saturated rings. The standard InChI is InChI=1S/C17H22FN7O6P/c1-5-17(18)11(26)9(6-30-32(28)24-8(2)14(27)29-4)31-15(17)25-7-21-10-12(20-3)22-16(19)23-13(10)25/h1,7-9,11,15,26H,6H2,2-4H3,(H,24,28)(H3,19,20,22,23)/q+1/t8-,9-,11-,15-,17-/m1/s1. The number of hydrogen-bond donors (Lipinski definition) is 4. The number of terminal acetylenes is 1. The Morgan fingerprint density at radius 1 is 1.59 bits per heavy atom. The molecule has 0 amide bonds. The first-order valence-corrected chi connectivity index (χ1v) is 10.5. The fourth-order valence-electron chi connectivity index (χ4n) is 3.16. The van der Waals surface area contributed by atoms with Crippen LogP contribution in [-0.2, 0) is 23.4 Å². The molecule has 1 saturated heterocycles. The Hall–Kier alpha value is -2.95. The summed E-state index contributed by atoms with van der Waals surface area (Å²) in [5.41, 5.74) is 3.42. The summed E-state index contributed by atoms with van der Waals surface area (Å²) in [6.07, 6.45) is 1.94. The molecule has 0 radical (unpaired) electrons. The highest BCUT2D eigenvalue weighted by molar-refractivity contribution is 7.36. The molecule has 0 saturated carbocycles. The second kappa shape index (κ2) is 9.27. The zero-order chi connectivity index (χ0) is 23.6. The summed E-state index contributed by atoms with van der Waals surface area (Å²) in [6, 6.07) is -0.916. The largest absolute Gasteiger partial charge is 0.613 e. The number of aromatic nitrogens is 4. The van der Waals surface area contributed by atoms with E-state index in [2.05, 4.69) is 30.1 Å². The number of nitrogens with zero attached hydrogens (tertiary/aromatic N) is 4. The molecule has 3 rings (SSSR count). The first-order chi connectivity index (χ1) is 15.2. The molecule has 1 aliphatic heterocycles. The van der Waals surface area contributed by atoms with E-state index in [0.717, 1.165) is 0 Å². The van der Waals surface area contributed by atoms with Gasteiger partial charge in [-0.2, -0.15) is 9.97 Å². The number of halogens is 1. The van der Waals surface area contributed by atoms with Crippen LogP contribution in [0.3, 0.4) is 0 Å². The van der Waals surface area contributed by atoms with Crippen LogP contribution in [0.1, 0.15) is 13.2 Å². The third kappa shape index (κ3) is 4.21. The Kier molecular flexibility index (Phi) is 6.87. The van der Waals surface area contributed by atoms with Crippen molar-refractivity contribution in [2.45, 2.75) is 37.1 Å². The van der Waals surface area contributed by atoms with Crippen LogP contribution in [-0.4, -0.2) is 75.3 Å². The predicted molar refractivity (Wildman–Crippen MR) is 110 cm³/mol. The van der Waals surface area contributed by atoms with Crippen molar-refractivity contribution in [3.8, 4) is 12.3 Å². The molecule has 172 valence electrons. The van der Waals surface area contributed by atoms with Gasteiger partial charge in [0.15, 0.2) is 23.2 Å². The van der Waals surface area contributed by atoms with Crippen molar-refractivity contribution >= 4 is 37.1 Å². The van der Waals surface area contributed by atoms with E-state index in [4.69, 9.17) is 21.4 Å². The summed E-state index contributed by atoms with van der Waals surface area (Å²) in [5.74, 6) is 1.47. The van der Waals surface area contributed by atoms with Gasteiger partial charge < -0.3 is 25.6 Å². The van der Waals surface area contributed by atoms with Gasteiger partial charge in [0, 0.05) is 7.05 Å². The summed E-state index contributed by atoms with van der Waals surface area (Å²) in [6.45, 7) is 0.925. The molecule has 5 N–H and O–H groups in total. The predicted octanol–water partition coefficient (Wildman–Crippen LogP) is -0.125. The van der Waals surface area contributed by atoms with Crippen LogP contribution < -0.4 is 16.1 Å². The van der Waals surface area contributed by atoms with Gasteiger partial charge in [-0.3, -0.25) is 9.36 Å². The molecule has 15 heteroatoms. The SMILES string of the molecule is C#C[C@@]1(F)[C@H](O)[C@@H](CO[P+](=O)N[C@H](C)C(=O)OC)O[C@H]1n1cnc2c(NC)nc(N)nc21. The summed E-state index contributed by atoms with van der Waals surface area (Å²) < 4.78 is 44.1. The zero-order valence-electron chi connectivity index (χ0n) is 17.4. The molecule has 0 aromatic carbocycles. The maximum Gasteiger partial charge on any atom is 0.613 e. The number of nitrogens with two attached hydrogens (primary N) is 1. The minimum absolute atomic E-state index is 0.102. The van der Waals surface area contributed by atoms with Crippen LogP contribution in [0.4, 0.5) is 16.2 Å². The zero-order valence-corrected chi connectivity index (χ0v) is 18.2. The number of hydrogen-bond acceptors (Lipinski definition) is 11. The topological polar surface area (TPSA) is 176 Å². The van der Waals surface area contributed by atoms with Gasteiger partial charge in [0.05, 0.1) is 13.4 Å². The summed E-state index contributed by atoms with van der Waals surface area (Å²) in [5, 5.41) is 15.7. The lowest BCUT2D eigenvalue weighted by molar-refractivity contribution is -0.142. The van der Waals surface area contributed by atoms with E-state index in [0.29, 0.717) is 5.82 Å². The molecule has 0 aliphatic carbocycles. The second-order valence-electron chi connectivity index (χ2n) is 6.82. The average molecular weight is 470 g/mol. The maximum absolute atomic E-state index is 15.7. The summed E-state index contributed by atoms with van der Waals surface area (Å²) in [4.78, 5) is 23.6. The number of carbonyl (C=O) groups is 1. The quantitative estimate of drug-likeness (QED) is 0.229. The Morgan fingerprint density at radius 2 is 2.31 bits per heavy atom. The van der Waals surface area contributed by atoms with Crippen molar-refractivity contribution < 1.29 is 32.9 Å². The van der Waals surface area contributed by atoms with E-state index < -0.39 is 50.9 Å². The minimum atomic E-state index is -2.69. The van der Waals surface area contributed by atoms with Crippen LogP contribution in [0.5, 0.6) is 0 Å². The number of aliphatic hydroxyl groups excluding tert-OH is 1. The van der Waals surface area contributed by atoms with Gasteiger partial charge in [-0.15, -0.1) is 10.9 Å². The Balaban J connectivity index is 1.82. The van der Waals surface area contributed by atoms with Crippen LogP contribution in [0.2, 0.25) is 0 Å². The maximum atomic E-state index is 15.7. The molecular formula is C17H22FN7O6P+. The van der Waals surface area contributed by atoms with Crippen molar-refractivity contribution in [1.82, 2.24) is 24.6 Å². The molecule has 2 aromatic rings. The minimum Gasteiger partial charge on any atom is -0.468 e. The van der Waals surface area contributed by atoms with E-state index in [9.17, 15) is 14.5 Å². The molecular weight excluding hydrogens is 448 g/mol. The van der Waals surface area contributed by atoms with Gasteiger partial charge in [-0.05, 0) is 11.5 Å². The number of rotatable bonds is 8. The molecule has 0 spiro atoms. The molecule has 1 aliphatic rings. The smallest absolute Gasteiger partial charge is 0.468 e. The molecule has 0 bridgehead atoms. The monoisotopic (exact) mass is 470 g/mol. The van der Waals surface area contributed by atoms with E-state index in [1.807, 2.05) is 5.92 Å². The average Bonchev–Trinajstić information content (AvgIpc) is 3.30. The first kappa shape index (κ1) is 23.7. The summed E-state index contributed by atoms with van der Waals surface area (Å²) >= 11 is 0. The Morgan fingerprint density at radius 3 is 2.94 bits per heavy atom. The molecule has 2 aromatic heterocycles.